The molecule has 5 nitrogen and oxygen atoms in total. The molecule has 1 aliphatic heterocycles. The summed E-state index contributed by atoms with van der Waals surface area (Å²) in [5.41, 5.74) is 6.84. The lowest BCUT2D eigenvalue weighted by Crippen LogP contribution is -2.43. The Bertz CT molecular complexity index is 516. The minimum atomic E-state index is 0. The predicted molar refractivity (Wildman–Crippen MR) is 82.0 cm³/mol. The van der Waals surface area contributed by atoms with Crippen LogP contribution >= 0.6 is 23.7 Å². The predicted octanol–water partition coefficient (Wildman–Crippen LogP) is 2.53. The largest absolute Gasteiger partial charge is 0.338 e. The second kappa shape index (κ2) is 7.17. The minimum Gasteiger partial charge on any atom is -0.338 e. The number of nitrogens with two attached hydrogens (primary N) is 1. The second-order valence-corrected chi connectivity index (χ2v) is 5.66. The van der Waals surface area contributed by atoms with Gasteiger partial charge in [-0.05, 0) is 30.8 Å². The lowest BCUT2D eigenvalue weighted by molar-refractivity contribution is 0.128. The summed E-state index contributed by atoms with van der Waals surface area (Å²) >= 11 is 1.63. The first-order valence-corrected chi connectivity index (χ1v) is 7.60. The number of aromatic nitrogens is 2. The Morgan fingerprint density at radius 1 is 1.45 bits per heavy atom. The Morgan fingerprint density at radius 3 is 3.10 bits per heavy atom. The summed E-state index contributed by atoms with van der Waals surface area (Å²) in [5.74, 6) is 1.36. The molecule has 20 heavy (non-hydrogen) atoms. The van der Waals surface area contributed by atoms with Gasteiger partial charge in [-0.1, -0.05) is 11.6 Å². The molecule has 0 bridgehead atoms. The number of rotatable bonds is 4. The van der Waals surface area contributed by atoms with Crippen molar-refractivity contribution in [2.45, 2.75) is 31.8 Å². The van der Waals surface area contributed by atoms with Gasteiger partial charge in [0.05, 0.1) is 6.54 Å². The highest BCUT2D eigenvalue weighted by Crippen LogP contribution is 2.21. The maximum absolute atomic E-state index is 5.82. The van der Waals surface area contributed by atoms with Crippen molar-refractivity contribution in [3.63, 3.8) is 0 Å². The smallest absolute Gasteiger partial charge is 0.241 e. The average molecular weight is 315 g/mol. The third kappa shape index (κ3) is 3.38. The molecule has 2 aromatic heterocycles. The van der Waals surface area contributed by atoms with Crippen molar-refractivity contribution in [2.24, 2.45) is 5.73 Å². The zero-order chi connectivity index (χ0) is 13.1. The highest BCUT2D eigenvalue weighted by molar-refractivity contribution is 7.08. The van der Waals surface area contributed by atoms with E-state index in [1.165, 1.54) is 19.3 Å². The fourth-order valence-corrected chi connectivity index (χ4v) is 3.17. The highest BCUT2D eigenvalue weighted by Gasteiger charge is 2.23. The van der Waals surface area contributed by atoms with E-state index in [-0.39, 0.29) is 12.4 Å². The maximum Gasteiger partial charge on any atom is 0.241 e. The molecule has 0 aromatic carbocycles. The van der Waals surface area contributed by atoms with Gasteiger partial charge in [-0.15, -0.1) is 12.4 Å². The van der Waals surface area contributed by atoms with Crippen LogP contribution in [0.25, 0.3) is 11.4 Å². The van der Waals surface area contributed by atoms with Gasteiger partial charge < -0.3 is 10.3 Å². The van der Waals surface area contributed by atoms with Crippen molar-refractivity contribution in [1.82, 2.24) is 15.0 Å². The van der Waals surface area contributed by atoms with E-state index in [1.807, 2.05) is 16.8 Å². The zero-order valence-corrected chi connectivity index (χ0v) is 12.8. The van der Waals surface area contributed by atoms with Gasteiger partial charge in [0.1, 0.15) is 0 Å². The number of hydrogen-bond acceptors (Lipinski definition) is 6. The minimum absolute atomic E-state index is 0. The molecule has 3 rings (SSSR count). The van der Waals surface area contributed by atoms with Gasteiger partial charge >= 0.3 is 0 Å². The molecule has 2 N–H and O–H groups in total. The first kappa shape index (κ1) is 15.4. The SMILES string of the molecule is Cl.NCC1CCCCN1Cc1nc(-c2ccsc2)no1. The third-order valence-electron chi connectivity index (χ3n) is 3.61. The molecule has 7 heteroatoms. The van der Waals surface area contributed by atoms with Crippen LogP contribution < -0.4 is 5.73 Å². The number of hydrogen-bond donors (Lipinski definition) is 1. The van der Waals surface area contributed by atoms with Crippen LogP contribution in [0.1, 0.15) is 25.2 Å². The molecule has 1 atom stereocenters. The molecule has 0 spiro atoms. The van der Waals surface area contributed by atoms with E-state index in [0.717, 1.165) is 12.1 Å². The van der Waals surface area contributed by atoms with E-state index in [0.29, 0.717) is 30.8 Å². The van der Waals surface area contributed by atoms with Crippen LogP contribution in [-0.4, -0.2) is 34.2 Å². The molecule has 0 amide bonds. The van der Waals surface area contributed by atoms with E-state index < -0.39 is 0 Å². The summed E-state index contributed by atoms with van der Waals surface area (Å²) in [6.45, 7) is 2.47. The summed E-state index contributed by atoms with van der Waals surface area (Å²) in [6, 6.07) is 2.45. The number of nitrogens with zero attached hydrogens (tertiary/aromatic N) is 3. The van der Waals surface area contributed by atoms with E-state index in [9.17, 15) is 0 Å². The fraction of sp³-hybridized carbons (Fsp3) is 0.538. The molecule has 1 unspecified atom stereocenters. The van der Waals surface area contributed by atoms with Crippen LogP contribution in [0.3, 0.4) is 0 Å². The van der Waals surface area contributed by atoms with E-state index in [2.05, 4.69) is 15.0 Å². The van der Waals surface area contributed by atoms with Crippen LogP contribution in [0.4, 0.5) is 0 Å². The summed E-state index contributed by atoms with van der Waals surface area (Å²) in [7, 11) is 0. The average Bonchev–Trinajstić information content (AvgIpc) is 3.09. The Balaban J connectivity index is 0.00000147. The molecule has 1 saturated heterocycles. The molecule has 0 aliphatic carbocycles. The third-order valence-corrected chi connectivity index (χ3v) is 4.29. The topological polar surface area (TPSA) is 68.2 Å². The van der Waals surface area contributed by atoms with Gasteiger partial charge in [0, 0.05) is 23.5 Å². The van der Waals surface area contributed by atoms with Gasteiger partial charge in [-0.3, -0.25) is 4.90 Å². The van der Waals surface area contributed by atoms with Crippen LogP contribution in [0.2, 0.25) is 0 Å². The molecule has 0 radical (unpaired) electrons. The summed E-state index contributed by atoms with van der Waals surface area (Å²) in [4.78, 5) is 6.82. The Labute approximate surface area is 128 Å². The molecule has 0 saturated carbocycles. The number of thiophene rings is 1. The van der Waals surface area contributed by atoms with Crippen molar-refractivity contribution in [1.29, 1.82) is 0 Å². The number of piperidine rings is 1. The number of halogens is 1. The first-order valence-electron chi connectivity index (χ1n) is 6.66. The number of likely N-dealkylation sites (tertiary alicyclic amines) is 1. The molecule has 2 aromatic rings. The zero-order valence-electron chi connectivity index (χ0n) is 11.2. The van der Waals surface area contributed by atoms with Crippen molar-refractivity contribution in [3.05, 3.63) is 22.7 Å². The molecule has 1 fully saturated rings. The summed E-state index contributed by atoms with van der Waals surface area (Å²) < 4.78 is 5.35. The van der Waals surface area contributed by atoms with Gasteiger partial charge in [0.15, 0.2) is 0 Å². The molecular formula is C13H19ClN4OS. The molecular weight excluding hydrogens is 296 g/mol. The Morgan fingerprint density at radius 2 is 2.35 bits per heavy atom. The van der Waals surface area contributed by atoms with Crippen molar-refractivity contribution in [2.75, 3.05) is 13.1 Å². The monoisotopic (exact) mass is 314 g/mol. The lowest BCUT2D eigenvalue weighted by atomic mass is 10.0. The van der Waals surface area contributed by atoms with Crippen molar-refractivity contribution >= 4 is 23.7 Å². The van der Waals surface area contributed by atoms with Crippen molar-refractivity contribution < 1.29 is 4.52 Å². The van der Waals surface area contributed by atoms with Gasteiger partial charge in [-0.25, -0.2) is 0 Å². The summed E-state index contributed by atoms with van der Waals surface area (Å²) in [6.07, 6.45) is 3.66. The van der Waals surface area contributed by atoms with Crippen LogP contribution in [-0.2, 0) is 6.54 Å². The second-order valence-electron chi connectivity index (χ2n) is 4.88. The van der Waals surface area contributed by atoms with Gasteiger partial charge in [-0.2, -0.15) is 16.3 Å². The van der Waals surface area contributed by atoms with Gasteiger partial charge in [0.2, 0.25) is 11.7 Å². The Kier molecular flexibility index (Phi) is 5.54. The highest BCUT2D eigenvalue weighted by atomic mass is 35.5. The van der Waals surface area contributed by atoms with E-state index in [1.54, 1.807) is 11.3 Å². The maximum atomic E-state index is 5.82. The summed E-state index contributed by atoms with van der Waals surface area (Å²) in [5, 5.41) is 8.08. The molecule has 3 heterocycles. The molecule has 1 aliphatic rings. The van der Waals surface area contributed by atoms with Crippen LogP contribution in [0.15, 0.2) is 21.3 Å². The lowest BCUT2D eigenvalue weighted by Gasteiger charge is -2.33. The van der Waals surface area contributed by atoms with Crippen LogP contribution in [0, 0.1) is 0 Å². The van der Waals surface area contributed by atoms with Crippen LogP contribution in [0.5, 0.6) is 0 Å². The van der Waals surface area contributed by atoms with E-state index >= 15 is 0 Å². The van der Waals surface area contributed by atoms with Gasteiger partial charge in [0.25, 0.3) is 0 Å². The normalized spacial score (nSPS) is 19.8. The fourth-order valence-electron chi connectivity index (χ4n) is 2.54. The van der Waals surface area contributed by atoms with Crippen molar-refractivity contribution in [3.8, 4) is 11.4 Å². The standard InChI is InChI=1S/C13H18N4OS.ClH/c14-7-11-3-1-2-5-17(11)8-12-15-13(16-18-12)10-4-6-19-9-10;/h4,6,9,11H,1-3,5,7-8,14H2;1H. The first-order chi connectivity index (χ1) is 9.36. The quantitative estimate of drug-likeness (QED) is 0.939. The molecule has 110 valence electrons. The van der Waals surface area contributed by atoms with E-state index in [4.69, 9.17) is 10.3 Å². The Hall–Kier alpha value is -0.950.